The molecule has 0 spiro atoms. The molecule has 0 aromatic carbocycles. The van der Waals surface area contributed by atoms with E-state index in [1.165, 1.54) is 12.8 Å². The zero-order valence-corrected chi connectivity index (χ0v) is 13.7. The predicted molar refractivity (Wildman–Crippen MR) is 84.0 cm³/mol. The molecule has 2 N–H and O–H groups in total. The molecule has 4 nitrogen and oxygen atoms in total. The molecule has 1 saturated carbocycles. The molecular weight excluding hydrogens is 250 g/mol. The fourth-order valence-corrected chi connectivity index (χ4v) is 3.81. The number of nitrogens with zero attached hydrogens (tertiary/aromatic N) is 2. The molecule has 1 heterocycles. The van der Waals surface area contributed by atoms with Crippen LogP contribution in [0.4, 0.5) is 0 Å². The molecule has 0 radical (unpaired) electrons. The van der Waals surface area contributed by atoms with E-state index in [4.69, 9.17) is 0 Å². The Balaban J connectivity index is 1.97. The lowest BCUT2D eigenvalue weighted by Crippen LogP contribution is -2.63. The smallest absolute Gasteiger partial charge is 0.0628 e. The van der Waals surface area contributed by atoms with Crippen LogP contribution in [-0.4, -0.2) is 71.9 Å². The molecular formula is C16H33N3O. The molecule has 2 unspecified atom stereocenters. The highest BCUT2D eigenvalue weighted by Gasteiger charge is 2.46. The van der Waals surface area contributed by atoms with Crippen molar-refractivity contribution in [2.75, 3.05) is 39.3 Å². The fraction of sp³-hybridized carbons (Fsp3) is 1.00. The second-order valence-electron chi connectivity index (χ2n) is 7.10. The lowest BCUT2D eigenvalue weighted by atomic mass is 9.91. The second kappa shape index (κ2) is 6.73. The average molecular weight is 283 g/mol. The molecule has 2 fully saturated rings. The van der Waals surface area contributed by atoms with E-state index in [1.807, 2.05) is 0 Å². The molecule has 1 aliphatic carbocycles. The van der Waals surface area contributed by atoms with Crippen LogP contribution in [0.15, 0.2) is 0 Å². The Morgan fingerprint density at radius 3 is 2.45 bits per heavy atom. The van der Waals surface area contributed by atoms with E-state index in [2.05, 4.69) is 42.8 Å². The van der Waals surface area contributed by atoms with Crippen molar-refractivity contribution in [2.45, 2.75) is 58.2 Å². The summed E-state index contributed by atoms with van der Waals surface area (Å²) in [5.41, 5.74) is -0.0811. The summed E-state index contributed by atoms with van der Waals surface area (Å²) in [6.45, 7) is 14.8. The summed E-state index contributed by atoms with van der Waals surface area (Å²) >= 11 is 0. The van der Waals surface area contributed by atoms with Gasteiger partial charge in [0.1, 0.15) is 0 Å². The lowest BCUT2D eigenvalue weighted by molar-refractivity contribution is 0.0360. The molecule has 0 aromatic rings. The summed E-state index contributed by atoms with van der Waals surface area (Å²) in [6.07, 6.45) is 2.54. The number of hydrogen-bond acceptors (Lipinski definition) is 4. The van der Waals surface area contributed by atoms with Crippen LogP contribution in [0.2, 0.25) is 0 Å². The largest absolute Gasteiger partial charge is 0.394 e. The number of nitrogens with one attached hydrogen (secondary N) is 1. The molecule has 2 aliphatic rings. The fourth-order valence-electron chi connectivity index (χ4n) is 3.81. The standard InChI is InChI=1S/C16H33N3O/c1-5-19-9-8-18(10-14(19)4)11-16(12-20,15-6-7-15)17-13(2)3/h13-15,17,20H,5-12H2,1-4H3. The number of likely N-dealkylation sites (N-methyl/N-ethyl adjacent to an activating group) is 1. The molecule has 2 rings (SSSR count). The van der Waals surface area contributed by atoms with Gasteiger partial charge in [0.2, 0.25) is 0 Å². The average Bonchev–Trinajstić information content (AvgIpc) is 3.22. The van der Waals surface area contributed by atoms with Gasteiger partial charge in [-0.1, -0.05) is 20.8 Å². The van der Waals surface area contributed by atoms with Gasteiger partial charge in [-0.3, -0.25) is 9.80 Å². The second-order valence-corrected chi connectivity index (χ2v) is 7.10. The van der Waals surface area contributed by atoms with Crippen LogP contribution in [0.5, 0.6) is 0 Å². The zero-order chi connectivity index (χ0) is 14.8. The van der Waals surface area contributed by atoms with E-state index >= 15 is 0 Å². The van der Waals surface area contributed by atoms with Gasteiger partial charge in [0.25, 0.3) is 0 Å². The Morgan fingerprint density at radius 1 is 1.30 bits per heavy atom. The molecule has 1 aliphatic heterocycles. The van der Waals surface area contributed by atoms with Gasteiger partial charge in [0.15, 0.2) is 0 Å². The van der Waals surface area contributed by atoms with Crippen LogP contribution < -0.4 is 5.32 Å². The number of piperazine rings is 1. The molecule has 0 amide bonds. The van der Waals surface area contributed by atoms with Crippen LogP contribution in [-0.2, 0) is 0 Å². The third-order valence-corrected chi connectivity index (χ3v) is 4.98. The lowest BCUT2D eigenvalue weighted by Gasteiger charge is -2.45. The van der Waals surface area contributed by atoms with Crippen LogP contribution in [0.25, 0.3) is 0 Å². The van der Waals surface area contributed by atoms with E-state index in [0.29, 0.717) is 18.0 Å². The first-order chi connectivity index (χ1) is 9.50. The van der Waals surface area contributed by atoms with Gasteiger partial charge < -0.3 is 10.4 Å². The monoisotopic (exact) mass is 283 g/mol. The maximum atomic E-state index is 10.0. The number of hydrogen-bond donors (Lipinski definition) is 2. The Labute approximate surface area is 124 Å². The normalized spacial score (nSPS) is 28.8. The Bertz CT molecular complexity index is 306. The minimum atomic E-state index is -0.0811. The SMILES string of the molecule is CCN1CCN(CC(CO)(NC(C)C)C2CC2)CC1C. The van der Waals surface area contributed by atoms with Crippen molar-refractivity contribution in [1.82, 2.24) is 15.1 Å². The Hall–Kier alpha value is -0.160. The minimum Gasteiger partial charge on any atom is -0.394 e. The van der Waals surface area contributed by atoms with Gasteiger partial charge in [-0.2, -0.15) is 0 Å². The first-order valence-corrected chi connectivity index (χ1v) is 8.35. The first kappa shape index (κ1) is 16.2. The third kappa shape index (κ3) is 3.73. The molecule has 118 valence electrons. The molecule has 0 bridgehead atoms. The maximum absolute atomic E-state index is 10.0. The molecule has 1 saturated heterocycles. The highest BCUT2D eigenvalue weighted by molar-refractivity contribution is 5.04. The summed E-state index contributed by atoms with van der Waals surface area (Å²) in [5, 5.41) is 13.7. The third-order valence-electron chi connectivity index (χ3n) is 4.98. The van der Waals surface area contributed by atoms with Crippen molar-refractivity contribution >= 4 is 0 Å². The van der Waals surface area contributed by atoms with E-state index in [1.54, 1.807) is 0 Å². The quantitative estimate of drug-likeness (QED) is 0.735. The highest BCUT2D eigenvalue weighted by Crippen LogP contribution is 2.40. The van der Waals surface area contributed by atoms with Crippen molar-refractivity contribution in [1.29, 1.82) is 0 Å². The Morgan fingerprint density at radius 2 is 2.00 bits per heavy atom. The summed E-state index contributed by atoms with van der Waals surface area (Å²) in [4.78, 5) is 5.10. The highest BCUT2D eigenvalue weighted by atomic mass is 16.3. The van der Waals surface area contributed by atoms with Crippen LogP contribution in [0.3, 0.4) is 0 Å². The predicted octanol–water partition coefficient (Wildman–Crippen LogP) is 1.15. The van der Waals surface area contributed by atoms with Crippen LogP contribution in [0, 0.1) is 5.92 Å². The summed E-state index contributed by atoms with van der Waals surface area (Å²) < 4.78 is 0. The van der Waals surface area contributed by atoms with Crippen molar-refractivity contribution in [2.24, 2.45) is 5.92 Å². The molecule has 4 heteroatoms. The van der Waals surface area contributed by atoms with Gasteiger partial charge in [0.05, 0.1) is 12.1 Å². The zero-order valence-electron chi connectivity index (χ0n) is 13.7. The molecule has 2 atom stereocenters. The van der Waals surface area contributed by atoms with Crippen LogP contribution >= 0.6 is 0 Å². The summed E-state index contributed by atoms with van der Waals surface area (Å²) in [6, 6.07) is 1.06. The maximum Gasteiger partial charge on any atom is 0.0628 e. The molecule has 0 aromatic heterocycles. The van der Waals surface area contributed by atoms with E-state index in [9.17, 15) is 5.11 Å². The minimum absolute atomic E-state index is 0.0811. The van der Waals surface area contributed by atoms with Gasteiger partial charge in [0, 0.05) is 38.3 Å². The van der Waals surface area contributed by atoms with Crippen LogP contribution in [0.1, 0.15) is 40.5 Å². The topological polar surface area (TPSA) is 38.7 Å². The molecule has 20 heavy (non-hydrogen) atoms. The van der Waals surface area contributed by atoms with Gasteiger partial charge >= 0.3 is 0 Å². The summed E-state index contributed by atoms with van der Waals surface area (Å²) in [7, 11) is 0. The van der Waals surface area contributed by atoms with Crippen molar-refractivity contribution in [3.8, 4) is 0 Å². The number of rotatable bonds is 7. The van der Waals surface area contributed by atoms with Crippen molar-refractivity contribution in [3.05, 3.63) is 0 Å². The van der Waals surface area contributed by atoms with Gasteiger partial charge in [-0.25, -0.2) is 0 Å². The van der Waals surface area contributed by atoms with Crippen molar-refractivity contribution < 1.29 is 5.11 Å². The van der Waals surface area contributed by atoms with E-state index in [0.717, 1.165) is 32.7 Å². The van der Waals surface area contributed by atoms with E-state index in [-0.39, 0.29) is 12.1 Å². The number of aliphatic hydroxyl groups is 1. The van der Waals surface area contributed by atoms with Crippen molar-refractivity contribution in [3.63, 3.8) is 0 Å². The Kier molecular flexibility index (Phi) is 5.46. The first-order valence-electron chi connectivity index (χ1n) is 8.35. The van der Waals surface area contributed by atoms with Gasteiger partial charge in [-0.05, 0) is 32.2 Å². The van der Waals surface area contributed by atoms with E-state index < -0.39 is 0 Å². The van der Waals surface area contributed by atoms with Gasteiger partial charge in [-0.15, -0.1) is 0 Å². The number of aliphatic hydroxyl groups excluding tert-OH is 1. The summed E-state index contributed by atoms with van der Waals surface area (Å²) in [5.74, 6) is 0.661.